The van der Waals surface area contributed by atoms with Gasteiger partial charge in [0.05, 0.1) is 5.69 Å². The van der Waals surface area contributed by atoms with Gasteiger partial charge < -0.3 is 4.90 Å². The molecule has 8 aromatic carbocycles. The van der Waals surface area contributed by atoms with E-state index in [2.05, 4.69) is 181 Å². The van der Waals surface area contributed by atoms with Gasteiger partial charge in [-0.2, -0.15) is 0 Å². The second kappa shape index (κ2) is 10.6. The summed E-state index contributed by atoms with van der Waals surface area (Å²) in [6.07, 6.45) is 2.29. The van der Waals surface area contributed by atoms with Crippen LogP contribution in [0.4, 0.5) is 17.1 Å². The molecule has 43 heavy (non-hydrogen) atoms. The van der Waals surface area contributed by atoms with Crippen LogP contribution in [0.3, 0.4) is 0 Å². The average molecular weight is 548 g/mol. The molecule has 0 heterocycles. The van der Waals surface area contributed by atoms with E-state index in [1.54, 1.807) is 0 Å². The fourth-order valence-corrected chi connectivity index (χ4v) is 6.37. The highest BCUT2D eigenvalue weighted by atomic mass is 15.1. The third-order valence-corrected chi connectivity index (χ3v) is 8.39. The molecule has 0 spiro atoms. The zero-order valence-corrected chi connectivity index (χ0v) is 23.7. The molecule has 0 aliphatic rings. The molecule has 0 atom stereocenters. The molecule has 202 valence electrons. The van der Waals surface area contributed by atoms with Gasteiger partial charge in [-0.25, -0.2) is 0 Å². The Balaban J connectivity index is 1.28. The standard InChI is InChI=1S/C42H29N/c1-4-11-31(12-5-1)39(32-13-6-2-7-14-32)29-30-19-25-37(26-20-30)43(36-17-8-3-9-18-36)40-28-24-35-22-21-33-15-10-16-34-23-27-38(40)42(35)41(33)34/h1-29H. The van der Waals surface area contributed by atoms with Gasteiger partial charge in [0.15, 0.2) is 0 Å². The fourth-order valence-electron chi connectivity index (χ4n) is 6.37. The van der Waals surface area contributed by atoms with Crippen LogP contribution in [-0.4, -0.2) is 0 Å². The first-order valence-corrected chi connectivity index (χ1v) is 14.8. The minimum absolute atomic E-state index is 1.12. The van der Waals surface area contributed by atoms with E-state index in [9.17, 15) is 0 Å². The largest absolute Gasteiger partial charge is 0.310 e. The third-order valence-electron chi connectivity index (χ3n) is 8.39. The van der Waals surface area contributed by atoms with E-state index in [4.69, 9.17) is 0 Å². The molecular formula is C42H29N. The van der Waals surface area contributed by atoms with Crippen molar-refractivity contribution in [2.45, 2.75) is 0 Å². The number of hydrogen-bond donors (Lipinski definition) is 0. The zero-order chi connectivity index (χ0) is 28.6. The molecule has 0 saturated carbocycles. The molecule has 0 aliphatic carbocycles. The Kier molecular flexibility index (Phi) is 6.20. The SMILES string of the molecule is C(=C(c1ccccc1)c1ccccc1)c1ccc(N(c2ccccc2)c2ccc3ccc4cccc5ccc2c3c45)cc1. The fraction of sp³-hybridized carbons (Fsp3) is 0. The predicted molar refractivity (Wildman–Crippen MR) is 185 cm³/mol. The summed E-state index contributed by atoms with van der Waals surface area (Å²) in [6, 6.07) is 61.0. The Hall–Kier alpha value is -5.66. The topological polar surface area (TPSA) is 3.24 Å². The van der Waals surface area contributed by atoms with Gasteiger partial charge in [-0.15, -0.1) is 0 Å². The highest BCUT2D eigenvalue weighted by molar-refractivity contribution is 6.25. The van der Waals surface area contributed by atoms with Gasteiger partial charge >= 0.3 is 0 Å². The molecule has 0 saturated heterocycles. The number of rotatable bonds is 6. The summed E-state index contributed by atoms with van der Waals surface area (Å²) < 4.78 is 0. The van der Waals surface area contributed by atoms with E-state index in [0.717, 1.165) is 16.9 Å². The summed E-state index contributed by atoms with van der Waals surface area (Å²) in [5.74, 6) is 0. The minimum atomic E-state index is 1.12. The highest BCUT2D eigenvalue weighted by Crippen LogP contribution is 2.43. The lowest BCUT2D eigenvalue weighted by Gasteiger charge is -2.27. The van der Waals surface area contributed by atoms with Crippen molar-refractivity contribution in [2.24, 2.45) is 0 Å². The van der Waals surface area contributed by atoms with E-state index >= 15 is 0 Å². The molecule has 8 rings (SSSR count). The molecule has 0 aromatic heterocycles. The van der Waals surface area contributed by atoms with Gasteiger partial charge in [0, 0.05) is 16.8 Å². The molecule has 1 nitrogen and oxygen atoms in total. The van der Waals surface area contributed by atoms with Gasteiger partial charge in [0.25, 0.3) is 0 Å². The van der Waals surface area contributed by atoms with Crippen LogP contribution < -0.4 is 4.90 Å². The molecule has 0 unspecified atom stereocenters. The van der Waals surface area contributed by atoms with E-state index in [1.807, 2.05) is 0 Å². The second-order valence-corrected chi connectivity index (χ2v) is 11.0. The second-order valence-electron chi connectivity index (χ2n) is 11.0. The third kappa shape index (κ3) is 4.52. The first-order valence-electron chi connectivity index (χ1n) is 14.8. The monoisotopic (exact) mass is 547 g/mol. The maximum absolute atomic E-state index is 2.38. The zero-order valence-electron chi connectivity index (χ0n) is 23.7. The lowest BCUT2D eigenvalue weighted by atomic mass is 9.93. The quantitative estimate of drug-likeness (QED) is 0.148. The first-order chi connectivity index (χ1) is 21.3. The highest BCUT2D eigenvalue weighted by Gasteiger charge is 2.18. The van der Waals surface area contributed by atoms with Crippen LogP contribution in [0.15, 0.2) is 170 Å². The normalized spacial score (nSPS) is 11.3. The summed E-state index contributed by atoms with van der Waals surface area (Å²) >= 11 is 0. The summed E-state index contributed by atoms with van der Waals surface area (Å²) in [4.78, 5) is 2.38. The lowest BCUT2D eigenvalue weighted by Crippen LogP contribution is -2.10. The molecular weight excluding hydrogens is 518 g/mol. The minimum Gasteiger partial charge on any atom is -0.310 e. The number of benzene rings is 8. The maximum atomic E-state index is 2.38. The molecule has 8 aromatic rings. The van der Waals surface area contributed by atoms with Crippen LogP contribution in [-0.2, 0) is 0 Å². The van der Waals surface area contributed by atoms with Crippen molar-refractivity contribution in [2.75, 3.05) is 4.90 Å². The maximum Gasteiger partial charge on any atom is 0.0540 e. The van der Waals surface area contributed by atoms with Crippen LogP contribution in [0.2, 0.25) is 0 Å². The molecule has 0 bridgehead atoms. The molecule has 0 fully saturated rings. The molecule has 1 heteroatoms. The van der Waals surface area contributed by atoms with Crippen molar-refractivity contribution in [3.63, 3.8) is 0 Å². The Morgan fingerprint density at radius 3 is 1.53 bits per heavy atom. The van der Waals surface area contributed by atoms with E-state index in [-0.39, 0.29) is 0 Å². The number of anilines is 3. The molecule has 0 amide bonds. The number of para-hydroxylation sites is 1. The van der Waals surface area contributed by atoms with Crippen LogP contribution in [0, 0.1) is 0 Å². The van der Waals surface area contributed by atoms with Crippen molar-refractivity contribution in [1.82, 2.24) is 0 Å². The van der Waals surface area contributed by atoms with Gasteiger partial charge in [-0.05, 0) is 85.6 Å². The van der Waals surface area contributed by atoms with Gasteiger partial charge in [-0.3, -0.25) is 0 Å². The van der Waals surface area contributed by atoms with E-state index in [1.165, 1.54) is 54.7 Å². The number of nitrogens with zero attached hydrogens (tertiary/aromatic N) is 1. The van der Waals surface area contributed by atoms with Crippen LogP contribution in [0.25, 0.3) is 44.0 Å². The summed E-state index contributed by atoms with van der Waals surface area (Å²) in [5.41, 5.74) is 8.22. The van der Waals surface area contributed by atoms with Crippen LogP contribution in [0.5, 0.6) is 0 Å². The van der Waals surface area contributed by atoms with Gasteiger partial charge in [0.1, 0.15) is 0 Å². The van der Waals surface area contributed by atoms with Gasteiger partial charge in [-0.1, -0.05) is 140 Å². The predicted octanol–water partition coefficient (Wildman–Crippen LogP) is 11.6. The molecule has 0 N–H and O–H groups in total. The van der Waals surface area contributed by atoms with Crippen molar-refractivity contribution < 1.29 is 0 Å². The first kappa shape index (κ1) is 25.1. The Morgan fingerprint density at radius 2 is 0.907 bits per heavy atom. The smallest absolute Gasteiger partial charge is 0.0540 e. The summed E-state index contributed by atoms with van der Waals surface area (Å²) in [5, 5.41) is 7.74. The average Bonchev–Trinajstić information content (AvgIpc) is 3.09. The van der Waals surface area contributed by atoms with Crippen molar-refractivity contribution in [3.05, 3.63) is 187 Å². The summed E-state index contributed by atoms with van der Waals surface area (Å²) in [7, 11) is 0. The Bertz CT molecular complexity index is 2140. The Labute approximate surface area is 251 Å². The van der Waals surface area contributed by atoms with Crippen molar-refractivity contribution in [3.8, 4) is 0 Å². The molecule has 0 radical (unpaired) electrons. The Morgan fingerprint density at radius 1 is 0.395 bits per heavy atom. The van der Waals surface area contributed by atoms with Gasteiger partial charge in [0.2, 0.25) is 0 Å². The van der Waals surface area contributed by atoms with E-state index in [0.29, 0.717) is 0 Å². The molecule has 0 aliphatic heterocycles. The van der Waals surface area contributed by atoms with Crippen molar-refractivity contribution in [1.29, 1.82) is 0 Å². The van der Waals surface area contributed by atoms with Crippen molar-refractivity contribution >= 4 is 61.0 Å². The lowest BCUT2D eigenvalue weighted by molar-refractivity contribution is 1.30. The van der Waals surface area contributed by atoms with Crippen LogP contribution in [0.1, 0.15) is 16.7 Å². The summed E-state index contributed by atoms with van der Waals surface area (Å²) in [6.45, 7) is 0. The number of hydrogen-bond acceptors (Lipinski definition) is 1. The van der Waals surface area contributed by atoms with E-state index < -0.39 is 0 Å². The van der Waals surface area contributed by atoms with Crippen LogP contribution >= 0.6 is 0 Å².